The molecule has 2 aliphatic heterocycles. The van der Waals surface area contributed by atoms with Crippen molar-refractivity contribution in [3.05, 3.63) is 22.8 Å². The number of aromatic nitrogens is 1. The van der Waals surface area contributed by atoms with Gasteiger partial charge in [-0.2, -0.15) is 13.2 Å². The molecule has 11 heteroatoms. The number of nitrogens with zero attached hydrogens (tertiary/aromatic N) is 3. The van der Waals surface area contributed by atoms with Crippen LogP contribution in [0.3, 0.4) is 0 Å². The van der Waals surface area contributed by atoms with Crippen molar-refractivity contribution in [1.82, 2.24) is 15.6 Å². The van der Waals surface area contributed by atoms with E-state index in [9.17, 15) is 18.3 Å². The molecule has 3 N–H and O–H groups in total. The monoisotopic (exact) mass is 449 g/mol. The number of rotatable bonds is 5. The average Bonchev–Trinajstić information content (AvgIpc) is 3.14. The fourth-order valence-corrected chi connectivity index (χ4v) is 3.82. The van der Waals surface area contributed by atoms with Crippen LogP contribution in [-0.4, -0.2) is 67.1 Å². The summed E-state index contributed by atoms with van der Waals surface area (Å²) in [5.41, 5.74) is -1.72. The van der Waals surface area contributed by atoms with E-state index < -0.39 is 17.3 Å². The van der Waals surface area contributed by atoms with Crippen LogP contribution in [0.1, 0.15) is 31.7 Å². The maximum Gasteiger partial charge on any atom is 0.417 e. The third-order valence-corrected chi connectivity index (χ3v) is 5.56. The van der Waals surface area contributed by atoms with E-state index in [4.69, 9.17) is 16.3 Å². The predicted molar refractivity (Wildman–Crippen MR) is 109 cm³/mol. The van der Waals surface area contributed by atoms with Crippen LogP contribution in [0.5, 0.6) is 0 Å². The largest absolute Gasteiger partial charge is 0.417 e. The number of alkyl halides is 3. The number of ether oxygens (including phenoxy) is 1. The zero-order valence-electron chi connectivity index (χ0n) is 16.8. The second-order valence-corrected chi connectivity index (χ2v) is 8.04. The molecule has 1 aromatic heterocycles. The van der Waals surface area contributed by atoms with Crippen molar-refractivity contribution in [3.8, 4) is 0 Å². The summed E-state index contributed by atoms with van der Waals surface area (Å²) >= 11 is 6.07. The van der Waals surface area contributed by atoms with Gasteiger partial charge in [-0.15, -0.1) is 0 Å². The Hall–Kier alpha value is -1.78. The highest BCUT2D eigenvalue weighted by Gasteiger charge is 2.33. The van der Waals surface area contributed by atoms with E-state index in [-0.39, 0.29) is 17.6 Å². The lowest BCUT2D eigenvalue weighted by Gasteiger charge is -2.30. The van der Waals surface area contributed by atoms with Gasteiger partial charge in [-0.05, 0) is 19.4 Å². The van der Waals surface area contributed by atoms with Crippen LogP contribution in [0, 0.1) is 0 Å². The SMILES string of the molecule is CCNC(=NCC1(O)CCOCC1)NC1CCN(c2ncc(C(F)(F)F)cc2Cl)C1. The fourth-order valence-electron chi connectivity index (χ4n) is 3.54. The van der Waals surface area contributed by atoms with E-state index in [1.54, 1.807) is 0 Å². The number of aliphatic imine (C=N–C) groups is 1. The highest BCUT2D eigenvalue weighted by molar-refractivity contribution is 6.33. The number of nitrogens with one attached hydrogen (secondary N) is 2. The minimum atomic E-state index is -4.48. The number of hydrogen-bond acceptors (Lipinski definition) is 5. The molecule has 0 spiro atoms. The van der Waals surface area contributed by atoms with Crippen LogP contribution < -0.4 is 15.5 Å². The van der Waals surface area contributed by atoms with Gasteiger partial charge in [0.15, 0.2) is 5.96 Å². The minimum Gasteiger partial charge on any atom is -0.388 e. The van der Waals surface area contributed by atoms with Gasteiger partial charge in [0.05, 0.1) is 22.7 Å². The van der Waals surface area contributed by atoms with Gasteiger partial charge < -0.3 is 25.4 Å². The van der Waals surface area contributed by atoms with Gasteiger partial charge >= 0.3 is 6.18 Å². The lowest BCUT2D eigenvalue weighted by Crippen LogP contribution is -2.46. The summed E-state index contributed by atoms with van der Waals surface area (Å²) < 4.78 is 43.8. The van der Waals surface area contributed by atoms with E-state index in [0.29, 0.717) is 57.5 Å². The highest BCUT2D eigenvalue weighted by Crippen LogP contribution is 2.34. The number of pyridine rings is 1. The van der Waals surface area contributed by atoms with Gasteiger partial charge in [-0.1, -0.05) is 11.6 Å². The molecular formula is C19H27ClF3N5O2. The Balaban J connectivity index is 1.61. The van der Waals surface area contributed by atoms with Crippen molar-refractivity contribution in [2.75, 3.05) is 44.3 Å². The van der Waals surface area contributed by atoms with E-state index in [1.165, 1.54) is 0 Å². The van der Waals surface area contributed by atoms with E-state index in [2.05, 4.69) is 20.6 Å². The van der Waals surface area contributed by atoms with Crippen LogP contribution in [0.4, 0.5) is 19.0 Å². The molecular weight excluding hydrogens is 423 g/mol. The first-order chi connectivity index (χ1) is 14.2. The Labute approximate surface area is 178 Å². The van der Waals surface area contributed by atoms with Gasteiger partial charge in [0.1, 0.15) is 5.82 Å². The van der Waals surface area contributed by atoms with E-state index in [1.807, 2.05) is 11.8 Å². The molecule has 0 bridgehead atoms. The van der Waals surface area contributed by atoms with Gasteiger partial charge in [-0.3, -0.25) is 4.99 Å². The van der Waals surface area contributed by atoms with E-state index >= 15 is 0 Å². The second-order valence-electron chi connectivity index (χ2n) is 7.64. The number of halogens is 4. The van der Waals surface area contributed by atoms with Crippen LogP contribution in [0.2, 0.25) is 5.02 Å². The number of anilines is 1. The average molecular weight is 450 g/mol. The van der Waals surface area contributed by atoms with Crippen LogP contribution in [-0.2, 0) is 10.9 Å². The number of guanidine groups is 1. The molecule has 0 saturated carbocycles. The smallest absolute Gasteiger partial charge is 0.388 e. The Morgan fingerprint density at radius 3 is 2.80 bits per heavy atom. The standard InChI is InChI=1S/C19H27ClF3N5O2/c1-2-24-17(26-12-18(29)4-7-30-8-5-18)27-14-3-6-28(11-14)16-15(20)9-13(10-25-16)19(21,22)23/h9-10,14,29H,2-8,11-12H2,1H3,(H2,24,26,27). The van der Waals surface area contributed by atoms with Gasteiger partial charge in [0, 0.05) is 57.9 Å². The normalized spacial score (nSPS) is 22.3. The summed E-state index contributed by atoms with van der Waals surface area (Å²) in [5.74, 6) is 0.933. The van der Waals surface area contributed by atoms with Crippen LogP contribution in [0.25, 0.3) is 0 Å². The molecule has 1 unspecified atom stereocenters. The molecule has 30 heavy (non-hydrogen) atoms. The third kappa shape index (κ3) is 5.89. The summed E-state index contributed by atoms with van der Waals surface area (Å²) in [7, 11) is 0. The van der Waals surface area contributed by atoms with Crippen molar-refractivity contribution in [2.24, 2.45) is 4.99 Å². The minimum absolute atomic E-state index is 0.0206. The Bertz CT molecular complexity index is 756. The first-order valence-corrected chi connectivity index (χ1v) is 10.4. The van der Waals surface area contributed by atoms with Crippen molar-refractivity contribution in [1.29, 1.82) is 0 Å². The lowest BCUT2D eigenvalue weighted by atomic mass is 9.95. The van der Waals surface area contributed by atoms with Crippen LogP contribution in [0.15, 0.2) is 17.3 Å². The fraction of sp³-hybridized carbons (Fsp3) is 0.684. The second kappa shape index (κ2) is 9.57. The zero-order valence-corrected chi connectivity index (χ0v) is 17.6. The molecule has 2 saturated heterocycles. The van der Waals surface area contributed by atoms with E-state index in [0.717, 1.165) is 18.7 Å². The van der Waals surface area contributed by atoms with Gasteiger partial charge in [-0.25, -0.2) is 4.98 Å². The molecule has 0 radical (unpaired) electrons. The quantitative estimate of drug-likeness (QED) is 0.473. The van der Waals surface area contributed by atoms with Crippen molar-refractivity contribution >= 4 is 23.4 Å². The topological polar surface area (TPSA) is 82.0 Å². The Morgan fingerprint density at radius 1 is 1.43 bits per heavy atom. The number of hydrogen-bond donors (Lipinski definition) is 3. The molecule has 3 rings (SSSR count). The molecule has 1 aromatic rings. The molecule has 1 atom stereocenters. The molecule has 2 fully saturated rings. The molecule has 0 aromatic carbocycles. The number of aliphatic hydroxyl groups is 1. The van der Waals surface area contributed by atoms with Crippen molar-refractivity contribution in [3.63, 3.8) is 0 Å². The molecule has 2 aliphatic rings. The molecule has 0 aliphatic carbocycles. The van der Waals surface area contributed by atoms with Gasteiger partial charge in [0.2, 0.25) is 0 Å². The molecule has 168 valence electrons. The summed E-state index contributed by atoms with van der Waals surface area (Å²) in [6.07, 6.45) is -1.82. The first-order valence-electron chi connectivity index (χ1n) is 10.0. The molecule has 3 heterocycles. The maximum absolute atomic E-state index is 12.8. The molecule has 7 nitrogen and oxygen atoms in total. The first kappa shape index (κ1) is 22.9. The van der Waals surface area contributed by atoms with Gasteiger partial charge in [0.25, 0.3) is 0 Å². The van der Waals surface area contributed by atoms with Crippen molar-refractivity contribution in [2.45, 2.75) is 44.0 Å². The Morgan fingerprint density at radius 2 is 2.17 bits per heavy atom. The summed E-state index contributed by atoms with van der Waals surface area (Å²) in [5, 5.41) is 17.1. The van der Waals surface area contributed by atoms with Crippen LogP contribution >= 0.6 is 11.6 Å². The highest BCUT2D eigenvalue weighted by atomic mass is 35.5. The predicted octanol–water partition coefficient (Wildman–Crippen LogP) is 2.43. The lowest BCUT2D eigenvalue weighted by molar-refractivity contribution is -0.137. The summed E-state index contributed by atoms with van der Waals surface area (Å²) in [6, 6.07) is 0.928. The summed E-state index contributed by atoms with van der Waals surface area (Å²) in [4.78, 5) is 10.3. The summed E-state index contributed by atoms with van der Waals surface area (Å²) in [6.45, 7) is 5.07. The van der Waals surface area contributed by atoms with Crippen molar-refractivity contribution < 1.29 is 23.0 Å². The third-order valence-electron chi connectivity index (χ3n) is 5.28. The maximum atomic E-state index is 12.8. The Kier molecular flexibility index (Phi) is 7.30. The zero-order chi connectivity index (χ0) is 21.8. The molecule has 0 amide bonds.